The number of nitrogens with zero attached hydrogens (tertiary/aromatic N) is 9. The minimum Gasteiger partial charge on any atom is -0.424 e. The fourth-order valence-electron chi connectivity index (χ4n) is 6.95. The fraction of sp³-hybridized carbons (Fsp3) is 0.429. The molecular formula is C35H34BrF4N9O2. The van der Waals surface area contributed by atoms with Crippen LogP contribution in [0.2, 0.25) is 0 Å². The highest BCUT2D eigenvalue weighted by Crippen LogP contribution is 2.45. The number of ether oxygens (including phenoxy) is 2. The Hall–Kier alpha value is -4.60. The molecule has 3 aromatic heterocycles. The minimum absolute atomic E-state index is 0.190. The first-order valence-electron chi connectivity index (χ1n) is 17.0. The zero-order valence-corrected chi connectivity index (χ0v) is 29.2. The first kappa shape index (κ1) is 33.5. The van der Waals surface area contributed by atoms with E-state index in [1.165, 1.54) is 25.0 Å². The lowest BCUT2D eigenvalue weighted by molar-refractivity contribution is 0.264. The largest absolute Gasteiger partial charge is 0.424 e. The summed E-state index contributed by atoms with van der Waals surface area (Å²) < 4.78 is 67.9. The van der Waals surface area contributed by atoms with Crippen molar-refractivity contribution in [2.75, 3.05) is 18.0 Å². The smallest absolute Gasteiger partial charge is 0.321 e. The van der Waals surface area contributed by atoms with E-state index in [1.54, 1.807) is 11.0 Å². The summed E-state index contributed by atoms with van der Waals surface area (Å²) in [7, 11) is 0. The van der Waals surface area contributed by atoms with Gasteiger partial charge in [-0.3, -0.25) is 0 Å². The number of hydrogen-bond donors (Lipinski definition) is 0. The number of aryl methyl sites for hydroxylation is 1. The SMILES string of the molecule is Cc1cc(N2C[C@H]3CC[C@@H](C2)C3Cc2nc(Oc3ccc(F)c(F)c3)n(C3CC3)n2)ncn1.Fc1ccc(Oc2nc(Br)nn2C2CC2)cc1F. The number of halogens is 5. The molecule has 266 valence electrons. The van der Waals surface area contributed by atoms with Crippen LogP contribution in [-0.2, 0) is 6.42 Å². The number of piperidine rings is 1. The molecule has 1 unspecified atom stereocenters. The van der Waals surface area contributed by atoms with Crippen LogP contribution >= 0.6 is 15.9 Å². The highest BCUT2D eigenvalue weighted by molar-refractivity contribution is 9.10. The van der Waals surface area contributed by atoms with Gasteiger partial charge in [0.2, 0.25) is 4.73 Å². The number of aromatic nitrogens is 8. The van der Waals surface area contributed by atoms with Gasteiger partial charge in [0.15, 0.2) is 29.1 Å². The molecule has 9 rings (SSSR count). The second-order valence-electron chi connectivity index (χ2n) is 13.6. The van der Waals surface area contributed by atoms with Crippen molar-refractivity contribution in [2.24, 2.45) is 17.8 Å². The Kier molecular flexibility index (Phi) is 9.11. The lowest BCUT2D eigenvalue weighted by Gasteiger charge is -2.38. The molecule has 0 spiro atoms. The maximum atomic E-state index is 13.6. The summed E-state index contributed by atoms with van der Waals surface area (Å²) in [4.78, 5) is 19.8. The van der Waals surface area contributed by atoms with E-state index in [0.29, 0.717) is 28.5 Å². The molecule has 3 saturated carbocycles. The van der Waals surface area contributed by atoms with Crippen molar-refractivity contribution >= 4 is 21.7 Å². The predicted molar refractivity (Wildman–Crippen MR) is 180 cm³/mol. The summed E-state index contributed by atoms with van der Waals surface area (Å²) in [6.45, 7) is 3.96. The van der Waals surface area contributed by atoms with Crippen LogP contribution < -0.4 is 14.4 Å². The Labute approximate surface area is 299 Å². The van der Waals surface area contributed by atoms with E-state index in [-0.39, 0.29) is 29.6 Å². The number of hydrogen-bond acceptors (Lipinski definition) is 9. The third kappa shape index (κ3) is 7.55. The van der Waals surface area contributed by atoms with Crippen molar-refractivity contribution < 1.29 is 27.0 Å². The van der Waals surface area contributed by atoms with E-state index >= 15 is 0 Å². The summed E-state index contributed by atoms with van der Waals surface area (Å²) >= 11 is 3.16. The van der Waals surface area contributed by atoms with Crippen molar-refractivity contribution in [3.05, 3.63) is 88.3 Å². The van der Waals surface area contributed by atoms with E-state index in [4.69, 9.17) is 14.6 Å². The molecule has 16 heteroatoms. The van der Waals surface area contributed by atoms with Gasteiger partial charge in [-0.1, -0.05) is 0 Å². The molecule has 4 heterocycles. The van der Waals surface area contributed by atoms with Crippen LogP contribution in [0, 0.1) is 47.9 Å². The Balaban J connectivity index is 0.000000175. The maximum Gasteiger partial charge on any atom is 0.321 e. The Morgan fingerprint density at radius 3 is 1.82 bits per heavy atom. The second-order valence-corrected chi connectivity index (χ2v) is 14.3. The molecule has 3 aliphatic carbocycles. The molecule has 0 N–H and O–H groups in total. The van der Waals surface area contributed by atoms with Gasteiger partial charge in [-0.15, -0.1) is 5.10 Å². The summed E-state index contributed by atoms with van der Waals surface area (Å²) in [5, 5.41) is 8.90. The maximum absolute atomic E-state index is 13.6. The van der Waals surface area contributed by atoms with Gasteiger partial charge < -0.3 is 14.4 Å². The van der Waals surface area contributed by atoms with Crippen molar-refractivity contribution in [2.45, 2.75) is 64.0 Å². The first-order chi connectivity index (χ1) is 24.7. The summed E-state index contributed by atoms with van der Waals surface area (Å²) in [5.74, 6) is 0.164. The minimum atomic E-state index is -0.955. The van der Waals surface area contributed by atoms with Crippen LogP contribution in [0.15, 0.2) is 53.5 Å². The molecule has 3 atom stereocenters. The molecule has 11 nitrogen and oxygen atoms in total. The predicted octanol–water partition coefficient (Wildman–Crippen LogP) is 7.93. The van der Waals surface area contributed by atoms with Gasteiger partial charge in [-0.05, 0) is 103 Å². The molecule has 4 fully saturated rings. The number of fused-ring (bicyclic) bond motifs is 2. The number of rotatable bonds is 9. The van der Waals surface area contributed by atoms with Crippen molar-refractivity contribution in [1.29, 1.82) is 0 Å². The summed E-state index contributed by atoms with van der Waals surface area (Å²) in [6, 6.07) is 10.1. The van der Waals surface area contributed by atoms with E-state index in [2.05, 4.69) is 51.9 Å². The van der Waals surface area contributed by atoms with Gasteiger partial charge >= 0.3 is 12.0 Å². The average Bonchev–Trinajstić information content (AvgIpc) is 4.04. The molecule has 5 aromatic rings. The molecule has 4 aliphatic rings. The molecular weight excluding hydrogens is 734 g/mol. The fourth-order valence-corrected chi connectivity index (χ4v) is 7.27. The second kappa shape index (κ2) is 13.8. The van der Waals surface area contributed by atoms with Crippen molar-refractivity contribution in [1.82, 2.24) is 39.5 Å². The zero-order valence-electron chi connectivity index (χ0n) is 27.6. The van der Waals surface area contributed by atoms with Crippen LogP contribution in [0.1, 0.15) is 62.1 Å². The third-order valence-corrected chi connectivity index (χ3v) is 10.1. The summed E-state index contributed by atoms with van der Waals surface area (Å²) in [5.41, 5.74) is 0.984. The lowest BCUT2D eigenvalue weighted by atomic mass is 9.82. The van der Waals surface area contributed by atoms with E-state index in [9.17, 15) is 17.6 Å². The van der Waals surface area contributed by atoms with Gasteiger partial charge in [-0.2, -0.15) is 15.1 Å². The monoisotopic (exact) mass is 767 g/mol. The van der Waals surface area contributed by atoms with Gasteiger partial charge in [-0.25, -0.2) is 36.9 Å². The normalized spacial score (nSPS) is 21.0. The molecule has 0 radical (unpaired) electrons. The average molecular weight is 769 g/mol. The van der Waals surface area contributed by atoms with Gasteiger partial charge in [0.05, 0.1) is 12.1 Å². The van der Waals surface area contributed by atoms with E-state index < -0.39 is 23.3 Å². The standard InChI is InChI=1S/C24H26F2N6O.C11H8BrF2N3O/c1-14-8-23(28-13-27-14)31-11-15-2-3-16(12-31)19(15)10-22-29-24(32(30-22)17-4-5-17)33-18-6-7-20(25)21(26)9-18;12-10-15-11(17(16-10)6-1-2-6)18-7-3-4-8(13)9(14)5-7/h6-9,13,15-17,19H,2-5,10-12H2,1H3;3-6H,1-2H2/t15-,16+,19?;. The van der Waals surface area contributed by atoms with Gasteiger partial charge in [0.25, 0.3) is 0 Å². The van der Waals surface area contributed by atoms with Crippen LogP contribution in [0.25, 0.3) is 0 Å². The Morgan fingerprint density at radius 2 is 1.27 bits per heavy atom. The van der Waals surface area contributed by atoms with Crippen LogP contribution in [0.4, 0.5) is 23.4 Å². The summed E-state index contributed by atoms with van der Waals surface area (Å²) in [6.07, 6.45) is 8.95. The van der Waals surface area contributed by atoms with Crippen molar-refractivity contribution in [3.63, 3.8) is 0 Å². The molecule has 2 bridgehead atoms. The van der Waals surface area contributed by atoms with Crippen LogP contribution in [0.5, 0.6) is 23.5 Å². The molecule has 1 aliphatic heterocycles. The number of benzene rings is 2. The molecule has 2 aromatic carbocycles. The number of anilines is 1. The quantitative estimate of drug-likeness (QED) is 0.138. The topological polar surface area (TPSA) is 109 Å². The molecule has 1 saturated heterocycles. The van der Waals surface area contributed by atoms with Crippen LogP contribution in [0.3, 0.4) is 0 Å². The van der Waals surface area contributed by atoms with Crippen molar-refractivity contribution in [3.8, 4) is 23.5 Å². The Bertz CT molecular complexity index is 2040. The lowest BCUT2D eigenvalue weighted by Crippen LogP contribution is -2.43. The van der Waals surface area contributed by atoms with E-state index in [0.717, 1.165) is 86.8 Å². The highest BCUT2D eigenvalue weighted by Gasteiger charge is 2.43. The zero-order chi connectivity index (χ0) is 35.2. The van der Waals surface area contributed by atoms with Gasteiger partial charge in [0.1, 0.15) is 23.6 Å². The van der Waals surface area contributed by atoms with Gasteiger partial charge in [0, 0.05) is 43.4 Å². The first-order valence-corrected chi connectivity index (χ1v) is 17.8. The Morgan fingerprint density at radius 1 is 0.706 bits per heavy atom. The van der Waals surface area contributed by atoms with Crippen LogP contribution in [-0.4, -0.2) is 52.6 Å². The molecule has 51 heavy (non-hydrogen) atoms. The van der Waals surface area contributed by atoms with E-state index in [1.807, 2.05) is 11.6 Å². The highest BCUT2D eigenvalue weighted by atomic mass is 79.9. The third-order valence-electron chi connectivity index (χ3n) is 9.76. The molecule has 0 amide bonds.